The molecule has 0 saturated carbocycles. The highest BCUT2D eigenvalue weighted by molar-refractivity contribution is 5.77. The van der Waals surface area contributed by atoms with E-state index in [0.717, 1.165) is 19.6 Å². The number of hydrogen-bond acceptors (Lipinski definition) is 4. The molecule has 1 fully saturated rings. The first kappa shape index (κ1) is 17.0. The Balaban J connectivity index is 1.44. The quantitative estimate of drug-likeness (QED) is 0.841. The fraction of sp³-hybridized carbons (Fsp3) is 0.300. The largest absolute Gasteiger partial charge is 0.484 e. The van der Waals surface area contributed by atoms with Gasteiger partial charge >= 0.3 is 0 Å². The van der Waals surface area contributed by atoms with Crippen molar-refractivity contribution in [3.8, 4) is 11.8 Å². The van der Waals surface area contributed by atoms with Crippen LogP contribution in [0.15, 0.2) is 54.6 Å². The van der Waals surface area contributed by atoms with Gasteiger partial charge in [0.05, 0.1) is 11.6 Å². The first-order valence-corrected chi connectivity index (χ1v) is 8.41. The van der Waals surface area contributed by atoms with Gasteiger partial charge < -0.3 is 9.64 Å². The Labute approximate surface area is 148 Å². The number of nitrogens with zero attached hydrogens (tertiary/aromatic N) is 3. The highest BCUT2D eigenvalue weighted by Crippen LogP contribution is 2.13. The maximum absolute atomic E-state index is 12.3. The van der Waals surface area contributed by atoms with E-state index in [0.29, 0.717) is 24.4 Å². The Bertz CT molecular complexity index is 747. The molecule has 0 aromatic heterocycles. The van der Waals surface area contributed by atoms with Crippen molar-refractivity contribution in [1.82, 2.24) is 9.80 Å². The minimum Gasteiger partial charge on any atom is -0.484 e. The minimum absolute atomic E-state index is 0.00751. The lowest BCUT2D eigenvalue weighted by atomic mass is 10.2. The highest BCUT2D eigenvalue weighted by Gasteiger charge is 2.21. The van der Waals surface area contributed by atoms with Crippen LogP contribution in [0, 0.1) is 11.3 Å². The van der Waals surface area contributed by atoms with E-state index in [1.54, 1.807) is 24.3 Å². The second kappa shape index (κ2) is 8.32. The molecule has 2 aromatic carbocycles. The molecule has 0 bridgehead atoms. The fourth-order valence-electron chi connectivity index (χ4n) is 2.89. The van der Waals surface area contributed by atoms with E-state index < -0.39 is 0 Å². The number of piperazine rings is 1. The zero-order chi connectivity index (χ0) is 17.5. The summed E-state index contributed by atoms with van der Waals surface area (Å²) < 4.78 is 5.53. The lowest BCUT2D eigenvalue weighted by Crippen LogP contribution is -2.49. The van der Waals surface area contributed by atoms with Gasteiger partial charge in [0.25, 0.3) is 5.91 Å². The van der Waals surface area contributed by atoms with E-state index in [-0.39, 0.29) is 12.5 Å². The number of hydrogen-bond donors (Lipinski definition) is 0. The third kappa shape index (κ3) is 4.82. The van der Waals surface area contributed by atoms with Crippen molar-refractivity contribution in [2.45, 2.75) is 6.54 Å². The van der Waals surface area contributed by atoms with Crippen LogP contribution in [0.3, 0.4) is 0 Å². The molecule has 5 heteroatoms. The van der Waals surface area contributed by atoms with Gasteiger partial charge in [-0.15, -0.1) is 0 Å². The fourth-order valence-corrected chi connectivity index (χ4v) is 2.89. The van der Waals surface area contributed by atoms with Gasteiger partial charge in [-0.1, -0.05) is 36.4 Å². The zero-order valence-electron chi connectivity index (χ0n) is 14.1. The molecule has 1 amide bonds. The average Bonchev–Trinajstić information content (AvgIpc) is 2.67. The minimum atomic E-state index is -0.0123. The molecule has 128 valence electrons. The predicted molar refractivity (Wildman–Crippen MR) is 95.0 cm³/mol. The summed E-state index contributed by atoms with van der Waals surface area (Å²) in [6, 6.07) is 19.3. The van der Waals surface area contributed by atoms with Crippen molar-refractivity contribution < 1.29 is 9.53 Å². The molecule has 0 aliphatic carbocycles. The van der Waals surface area contributed by atoms with Gasteiger partial charge in [0, 0.05) is 32.7 Å². The van der Waals surface area contributed by atoms with Gasteiger partial charge in [0.15, 0.2) is 6.61 Å². The Hall–Kier alpha value is -2.84. The Morgan fingerprint density at radius 2 is 1.80 bits per heavy atom. The average molecular weight is 335 g/mol. The number of benzene rings is 2. The smallest absolute Gasteiger partial charge is 0.260 e. The van der Waals surface area contributed by atoms with Gasteiger partial charge in [-0.2, -0.15) is 5.26 Å². The molecule has 0 radical (unpaired) electrons. The molecule has 5 nitrogen and oxygen atoms in total. The van der Waals surface area contributed by atoms with E-state index in [9.17, 15) is 4.79 Å². The molecule has 0 unspecified atom stereocenters. The van der Waals surface area contributed by atoms with E-state index in [4.69, 9.17) is 10.00 Å². The number of rotatable bonds is 5. The number of nitriles is 1. The van der Waals surface area contributed by atoms with Crippen LogP contribution in [0.4, 0.5) is 0 Å². The van der Waals surface area contributed by atoms with Crippen molar-refractivity contribution in [1.29, 1.82) is 5.26 Å². The van der Waals surface area contributed by atoms with E-state index in [1.165, 1.54) is 5.56 Å². The van der Waals surface area contributed by atoms with Crippen molar-refractivity contribution >= 4 is 5.91 Å². The molecular weight excluding hydrogens is 314 g/mol. The Kier molecular flexibility index (Phi) is 5.65. The van der Waals surface area contributed by atoms with Crippen LogP contribution in [-0.2, 0) is 11.3 Å². The summed E-state index contributed by atoms with van der Waals surface area (Å²) >= 11 is 0. The maximum Gasteiger partial charge on any atom is 0.260 e. The highest BCUT2D eigenvalue weighted by atomic mass is 16.5. The molecule has 0 atom stereocenters. The third-order valence-electron chi connectivity index (χ3n) is 4.30. The van der Waals surface area contributed by atoms with Crippen LogP contribution in [0.25, 0.3) is 0 Å². The third-order valence-corrected chi connectivity index (χ3v) is 4.30. The summed E-state index contributed by atoms with van der Waals surface area (Å²) in [5.41, 5.74) is 1.82. The molecule has 2 aromatic rings. The number of ether oxygens (including phenoxy) is 1. The van der Waals surface area contributed by atoms with Gasteiger partial charge in [0.2, 0.25) is 0 Å². The standard InChI is InChI=1S/C20H21N3O2/c21-14-18-7-4-8-19(13-18)25-16-20(24)23-11-9-22(10-12-23)15-17-5-2-1-3-6-17/h1-8,13H,9-12,15-16H2. The van der Waals surface area contributed by atoms with Crippen molar-refractivity contribution in [2.75, 3.05) is 32.8 Å². The summed E-state index contributed by atoms with van der Waals surface area (Å²) in [5, 5.41) is 8.89. The SMILES string of the molecule is N#Cc1cccc(OCC(=O)N2CCN(Cc3ccccc3)CC2)c1. The Morgan fingerprint density at radius 1 is 1.04 bits per heavy atom. The van der Waals surface area contributed by atoms with Gasteiger partial charge in [0.1, 0.15) is 5.75 Å². The number of amides is 1. The van der Waals surface area contributed by atoms with Crippen molar-refractivity contribution in [3.63, 3.8) is 0 Å². The van der Waals surface area contributed by atoms with Crippen LogP contribution in [0.1, 0.15) is 11.1 Å². The van der Waals surface area contributed by atoms with Gasteiger partial charge in [-0.25, -0.2) is 0 Å². The molecular formula is C20H21N3O2. The maximum atomic E-state index is 12.3. The lowest BCUT2D eigenvalue weighted by molar-refractivity contribution is -0.135. The lowest BCUT2D eigenvalue weighted by Gasteiger charge is -2.34. The van der Waals surface area contributed by atoms with Gasteiger partial charge in [-0.3, -0.25) is 9.69 Å². The normalized spacial score (nSPS) is 14.8. The predicted octanol–water partition coefficient (Wildman–Crippen LogP) is 2.28. The summed E-state index contributed by atoms with van der Waals surface area (Å²) in [6.07, 6.45) is 0. The van der Waals surface area contributed by atoms with Crippen molar-refractivity contribution in [2.24, 2.45) is 0 Å². The molecule has 3 rings (SSSR count). The summed E-state index contributed by atoms with van der Waals surface area (Å²) in [6.45, 7) is 4.09. The first-order valence-electron chi connectivity index (χ1n) is 8.41. The molecule has 0 spiro atoms. The second-order valence-corrected chi connectivity index (χ2v) is 6.07. The molecule has 1 aliphatic rings. The van der Waals surface area contributed by atoms with Gasteiger partial charge in [-0.05, 0) is 23.8 Å². The number of carbonyl (C=O) groups excluding carboxylic acids is 1. The van der Waals surface area contributed by atoms with E-state index in [2.05, 4.69) is 23.1 Å². The summed E-state index contributed by atoms with van der Waals surface area (Å²) in [5.74, 6) is 0.539. The molecule has 1 aliphatic heterocycles. The second-order valence-electron chi connectivity index (χ2n) is 6.07. The van der Waals surface area contributed by atoms with Crippen LogP contribution >= 0.6 is 0 Å². The van der Waals surface area contributed by atoms with Crippen LogP contribution in [0.5, 0.6) is 5.75 Å². The van der Waals surface area contributed by atoms with Crippen LogP contribution in [0.2, 0.25) is 0 Å². The van der Waals surface area contributed by atoms with Crippen LogP contribution < -0.4 is 4.74 Å². The summed E-state index contributed by atoms with van der Waals surface area (Å²) in [4.78, 5) is 16.5. The zero-order valence-corrected chi connectivity index (χ0v) is 14.1. The van der Waals surface area contributed by atoms with E-state index in [1.807, 2.05) is 23.1 Å². The van der Waals surface area contributed by atoms with E-state index >= 15 is 0 Å². The number of carbonyl (C=O) groups is 1. The van der Waals surface area contributed by atoms with Crippen LogP contribution in [-0.4, -0.2) is 48.5 Å². The molecule has 25 heavy (non-hydrogen) atoms. The van der Waals surface area contributed by atoms with Crippen molar-refractivity contribution in [3.05, 3.63) is 65.7 Å². The molecule has 0 N–H and O–H groups in total. The monoisotopic (exact) mass is 335 g/mol. The first-order chi connectivity index (χ1) is 12.2. The molecule has 1 saturated heterocycles. The summed E-state index contributed by atoms with van der Waals surface area (Å²) in [7, 11) is 0. The Morgan fingerprint density at radius 3 is 2.52 bits per heavy atom. The topological polar surface area (TPSA) is 56.6 Å². The molecule has 1 heterocycles.